The molecule has 0 aliphatic heterocycles. The van der Waals surface area contributed by atoms with E-state index in [0.717, 1.165) is 33.7 Å². The van der Waals surface area contributed by atoms with Crippen molar-refractivity contribution >= 4 is 11.6 Å². The van der Waals surface area contributed by atoms with Gasteiger partial charge in [0.25, 0.3) is 0 Å². The molecule has 0 aromatic heterocycles. The molecular formula is C21H28N2O2. The standard InChI is InChI=1S/C21H28N2O2/c1-13-8-10-20(25-6)18(11-13)16(4)22-17(5)21(24)23-19-12-14(2)7-9-15(19)3/h7-12,16-17,22H,1-6H3,(H,23,24). The number of rotatable bonds is 6. The van der Waals surface area contributed by atoms with Crippen LogP contribution in [0.2, 0.25) is 0 Å². The van der Waals surface area contributed by atoms with Gasteiger partial charge in [-0.1, -0.05) is 29.8 Å². The first-order valence-electron chi connectivity index (χ1n) is 8.60. The van der Waals surface area contributed by atoms with E-state index in [1.807, 2.05) is 65.0 Å². The second kappa shape index (κ2) is 8.17. The summed E-state index contributed by atoms with van der Waals surface area (Å²) in [4.78, 5) is 12.6. The maximum atomic E-state index is 12.6. The Morgan fingerprint density at radius 1 is 1.00 bits per heavy atom. The van der Waals surface area contributed by atoms with Gasteiger partial charge in [0.2, 0.25) is 5.91 Å². The molecule has 0 bridgehead atoms. The van der Waals surface area contributed by atoms with E-state index in [2.05, 4.69) is 16.7 Å². The Morgan fingerprint density at radius 3 is 2.32 bits per heavy atom. The Balaban J connectivity index is 2.08. The molecule has 2 N–H and O–H groups in total. The summed E-state index contributed by atoms with van der Waals surface area (Å²) in [6.07, 6.45) is 0. The SMILES string of the molecule is COc1ccc(C)cc1C(C)NC(C)C(=O)Nc1cc(C)ccc1C. The normalized spacial score (nSPS) is 13.2. The van der Waals surface area contributed by atoms with Gasteiger partial charge in [0.15, 0.2) is 0 Å². The van der Waals surface area contributed by atoms with Crippen molar-refractivity contribution in [2.45, 2.75) is 46.7 Å². The Hall–Kier alpha value is -2.33. The Bertz CT molecular complexity index is 756. The van der Waals surface area contributed by atoms with Crippen molar-refractivity contribution in [1.82, 2.24) is 5.32 Å². The number of methoxy groups -OCH3 is 1. The highest BCUT2D eigenvalue weighted by molar-refractivity contribution is 5.95. The molecule has 0 spiro atoms. The summed E-state index contributed by atoms with van der Waals surface area (Å²) < 4.78 is 5.45. The fourth-order valence-corrected chi connectivity index (χ4v) is 2.84. The molecule has 0 aliphatic rings. The molecule has 2 atom stereocenters. The van der Waals surface area contributed by atoms with Crippen LogP contribution in [0.1, 0.15) is 42.1 Å². The Morgan fingerprint density at radius 2 is 1.64 bits per heavy atom. The van der Waals surface area contributed by atoms with Crippen LogP contribution in [0.4, 0.5) is 5.69 Å². The maximum absolute atomic E-state index is 12.6. The van der Waals surface area contributed by atoms with Gasteiger partial charge in [-0.05, 0) is 57.9 Å². The highest BCUT2D eigenvalue weighted by atomic mass is 16.5. The van der Waals surface area contributed by atoms with Gasteiger partial charge in [-0.25, -0.2) is 0 Å². The van der Waals surface area contributed by atoms with E-state index in [4.69, 9.17) is 4.74 Å². The van der Waals surface area contributed by atoms with Gasteiger partial charge >= 0.3 is 0 Å². The van der Waals surface area contributed by atoms with E-state index in [0.29, 0.717) is 0 Å². The molecule has 2 rings (SSSR count). The van der Waals surface area contributed by atoms with Gasteiger partial charge in [-0.3, -0.25) is 10.1 Å². The number of benzene rings is 2. The lowest BCUT2D eigenvalue weighted by Crippen LogP contribution is -2.39. The first-order valence-corrected chi connectivity index (χ1v) is 8.60. The molecule has 0 radical (unpaired) electrons. The summed E-state index contributed by atoms with van der Waals surface area (Å²) in [5, 5.41) is 6.38. The molecular weight excluding hydrogens is 312 g/mol. The summed E-state index contributed by atoms with van der Waals surface area (Å²) in [6, 6.07) is 11.8. The van der Waals surface area contributed by atoms with Gasteiger partial charge < -0.3 is 10.1 Å². The topological polar surface area (TPSA) is 50.4 Å². The molecule has 2 unspecified atom stereocenters. The summed E-state index contributed by atoms with van der Waals surface area (Å²) in [5.41, 5.74) is 5.25. The number of amides is 1. The van der Waals surface area contributed by atoms with Gasteiger partial charge in [0, 0.05) is 17.3 Å². The van der Waals surface area contributed by atoms with E-state index in [1.165, 1.54) is 0 Å². The fourth-order valence-electron chi connectivity index (χ4n) is 2.84. The van der Waals surface area contributed by atoms with Crippen molar-refractivity contribution in [2.75, 3.05) is 12.4 Å². The summed E-state index contributed by atoms with van der Waals surface area (Å²) in [7, 11) is 1.66. The third kappa shape index (κ3) is 4.83. The second-order valence-corrected chi connectivity index (χ2v) is 6.66. The zero-order chi connectivity index (χ0) is 18.6. The van der Waals surface area contributed by atoms with Crippen LogP contribution in [0, 0.1) is 20.8 Å². The van der Waals surface area contributed by atoms with Crippen LogP contribution < -0.4 is 15.4 Å². The van der Waals surface area contributed by atoms with E-state index >= 15 is 0 Å². The Labute approximate surface area is 150 Å². The minimum atomic E-state index is -0.333. The fraction of sp³-hybridized carbons (Fsp3) is 0.381. The van der Waals surface area contributed by atoms with Crippen molar-refractivity contribution < 1.29 is 9.53 Å². The monoisotopic (exact) mass is 340 g/mol. The largest absolute Gasteiger partial charge is 0.496 e. The number of hydrogen-bond acceptors (Lipinski definition) is 3. The van der Waals surface area contributed by atoms with Crippen molar-refractivity contribution in [1.29, 1.82) is 0 Å². The van der Waals surface area contributed by atoms with Crippen LogP contribution in [0.25, 0.3) is 0 Å². The van der Waals surface area contributed by atoms with Crippen molar-refractivity contribution in [3.8, 4) is 5.75 Å². The van der Waals surface area contributed by atoms with Crippen molar-refractivity contribution in [3.63, 3.8) is 0 Å². The van der Waals surface area contributed by atoms with Gasteiger partial charge in [-0.2, -0.15) is 0 Å². The number of hydrogen-bond donors (Lipinski definition) is 2. The minimum Gasteiger partial charge on any atom is -0.496 e. The molecule has 0 saturated carbocycles. The highest BCUT2D eigenvalue weighted by Crippen LogP contribution is 2.26. The van der Waals surface area contributed by atoms with Crippen molar-refractivity contribution in [3.05, 3.63) is 58.7 Å². The number of anilines is 1. The average Bonchev–Trinajstić information content (AvgIpc) is 2.57. The van der Waals surface area contributed by atoms with E-state index < -0.39 is 0 Å². The van der Waals surface area contributed by atoms with Crippen LogP contribution in [0.5, 0.6) is 5.75 Å². The number of ether oxygens (including phenoxy) is 1. The molecule has 1 amide bonds. The van der Waals surface area contributed by atoms with E-state index in [-0.39, 0.29) is 18.0 Å². The number of carbonyl (C=O) groups excluding carboxylic acids is 1. The van der Waals surface area contributed by atoms with Crippen LogP contribution >= 0.6 is 0 Å². The summed E-state index contributed by atoms with van der Waals surface area (Å²) in [6.45, 7) is 9.97. The molecule has 25 heavy (non-hydrogen) atoms. The third-order valence-electron chi connectivity index (χ3n) is 4.40. The molecule has 134 valence electrons. The predicted molar refractivity (Wildman–Crippen MR) is 103 cm³/mol. The second-order valence-electron chi connectivity index (χ2n) is 6.66. The van der Waals surface area contributed by atoms with E-state index in [9.17, 15) is 4.79 Å². The molecule has 4 heteroatoms. The lowest BCUT2D eigenvalue weighted by Gasteiger charge is -2.22. The maximum Gasteiger partial charge on any atom is 0.241 e. The van der Waals surface area contributed by atoms with Gasteiger partial charge in [0.05, 0.1) is 13.2 Å². The number of carbonyl (C=O) groups is 1. The smallest absolute Gasteiger partial charge is 0.241 e. The van der Waals surface area contributed by atoms with Gasteiger partial charge in [-0.15, -0.1) is 0 Å². The molecule has 2 aromatic rings. The lowest BCUT2D eigenvalue weighted by atomic mass is 10.0. The zero-order valence-corrected chi connectivity index (χ0v) is 15.9. The van der Waals surface area contributed by atoms with Crippen molar-refractivity contribution in [2.24, 2.45) is 0 Å². The molecule has 0 aliphatic carbocycles. The quantitative estimate of drug-likeness (QED) is 0.824. The van der Waals surface area contributed by atoms with Gasteiger partial charge in [0.1, 0.15) is 5.75 Å². The summed E-state index contributed by atoms with van der Waals surface area (Å²) >= 11 is 0. The number of nitrogens with one attached hydrogen (secondary N) is 2. The summed E-state index contributed by atoms with van der Waals surface area (Å²) in [5.74, 6) is 0.778. The minimum absolute atomic E-state index is 0.00536. The zero-order valence-electron chi connectivity index (χ0n) is 15.9. The average molecular weight is 340 g/mol. The molecule has 0 fully saturated rings. The highest BCUT2D eigenvalue weighted by Gasteiger charge is 2.19. The molecule has 0 heterocycles. The molecule has 2 aromatic carbocycles. The van der Waals surface area contributed by atoms with Crippen LogP contribution in [0.3, 0.4) is 0 Å². The van der Waals surface area contributed by atoms with Crippen LogP contribution in [-0.2, 0) is 4.79 Å². The first-order chi connectivity index (χ1) is 11.8. The first kappa shape index (κ1) is 19.0. The predicted octanol–water partition coefficient (Wildman–Crippen LogP) is 4.30. The van der Waals surface area contributed by atoms with E-state index in [1.54, 1.807) is 7.11 Å². The third-order valence-corrected chi connectivity index (χ3v) is 4.40. The lowest BCUT2D eigenvalue weighted by molar-refractivity contribution is -0.117. The number of aryl methyl sites for hydroxylation is 3. The van der Waals surface area contributed by atoms with Crippen LogP contribution in [-0.4, -0.2) is 19.1 Å². The molecule has 4 nitrogen and oxygen atoms in total. The molecule has 0 saturated heterocycles. The Kier molecular flexibility index (Phi) is 6.21. The van der Waals surface area contributed by atoms with Crippen LogP contribution in [0.15, 0.2) is 36.4 Å².